The number of piperidine rings is 1. The summed E-state index contributed by atoms with van der Waals surface area (Å²) in [7, 11) is -4.15. The Morgan fingerprint density at radius 3 is 2.20 bits per heavy atom. The van der Waals surface area contributed by atoms with E-state index in [1.165, 1.54) is 24.3 Å². The van der Waals surface area contributed by atoms with Crippen molar-refractivity contribution in [2.24, 2.45) is 0 Å². The lowest BCUT2D eigenvalue weighted by atomic mass is 10.1. The smallest absolute Gasteiger partial charge is 0.262 e. The van der Waals surface area contributed by atoms with Gasteiger partial charge in [0.05, 0.1) is 4.90 Å². The van der Waals surface area contributed by atoms with E-state index in [9.17, 15) is 22.0 Å². The summed E-state index contributed by atoms with van der Waals surface area (Å²) in [5, 5.41) is 0. The number of hydrogen-bond acceptors (Lipinski definition) is 3. The van der Waals surface area contributed by atoms with Crippen molar-refractivity contribution in [3.8, 4) is 0 Å². The fourth-order valence-electron chi connectivity index (χ4n) is 2.67. The molecule has 0 aromatic heterocycles. The zero-order chi connectivity index (χ0) is 18.0. The van der Waals surface area contributed by atoms with Crippen LogP contribution in [0.2, 0.25) is 0 Å². The highest BCUT2D eigenvalue weighted by atomic mass is 32.2. The Balaban J connectivity index is 1.84. The maximum Gasteiger partial charge on any atom is 0.262 e. The molecule has 25 heavy (non-hydrogen) atoms. The molecule has 8 heteroatoms. The maximum atomic E-state index is 13.6. The fraction of sp³-hybridized carbons (Fsp3) is 0.235. The number of nitrogens with one attached hydrogen (secondary N) is 1. The average molecular weight is 366 g/mol. The molecule has 1 aliphatic rings. The predicted molar refractivity (Wildman–Crippen MR) is 89.8 cm³/mol. The molecular weight excluding hydrogens is 350 g/mol. The first-order chi connectivity index (χ1) is 11.9. The topological polar surface area (TPSA) is 66.5 Å². The number of carbonyl (C=O) groups excluding carboxylic acids is 1. The van der Waals surface area contributed by atoms with Gasteiger partial charge in [0, 0.05) is 18.7 Å². The quantitative estimate of drug-likeness (QED) is 0.903. The number of para-hydroxylation sites is 1. The van der Waals surface area contributed by atoms with Gasteiger partial charge in [-0.15, -0.1) is 0 Å². The van der Waals surface area contributed by atoms with Gasteiger partial charge in [-0.1, -0.05) is 6.07 Å². The van der Waals surface area contributed by atoms with Crippen LogP contribution in [0.25, 0.3) is 0 Å². The highest BCUT2D eigenvalue weighted by Gasteiger charge is 2.22. The minimum absolute atomic E-state index is 0.00610. The molecule has 1 amide bonds. The van der Waals surface area contributed by atoms with Crippen LogP contribution in [0.1, 0.15) is 19.3 Å². The van der Waals surface area contributed by atoms with Gasteiger partial charge < -0.3 is 4.90 Å². The maximum absolute atomic E-state index is 13.6. The first-order valence-corrected chi connectivity index (χ1v) is 9.24. The third-order valence-electron chi connectivity index (χ3n) is 3.98. The average Bonchev–Trinajstić information content (AvgIpc) is 2.59. The van der Waals surface area contributed by atoms with Crippen molar-refractivity contribution in [2.75, 3.05) is 16.2 Å². The molecule has 0 atom stereocenters. The van der Waals surface area contributed by atoms with Gasteiger partial charge in [-0.05, 0) is 49.2 Å². The van der Waals surface area contributed by atoms with Crippen LogP contribution in [0.15, 0.2) is 47.4 Å². The number of halogens is 2. The number of nitrogens with zero attached hydrogens (tertiary/aromatic N) is 1. The van der Waals surface area contributed by atoms with Gasteiger partial charge >= 0.3 is 0 Å². The third-order valence-corrected chi connectivity index (χ3v) is 5.35. The molecule has 1 N–H and O–H groups in total. The van der Waals surface area contributed by atoms with Crippen molar-refractivity contribution in [1.29, 1.82) is 0 Å². The first-order valence-electron chi connectivity index (χ1n) is 7.76. The van der Waals surface area contributed by atoms with E-state index >= 15 is 0 Å². The normalized spacial score (nSPS) is 15.3. The largest absolute Gasteiger partial charge is 0.312 e. The van der Waals surface area contributed by atoms with E-state index in [2.05, 4.69) is 0 Å². The van der Waals surface area contributed by atoms with Crippen LogP contribution in [0.4, 0.5) is 20.2 Å². The van der Waals surface area contributed by atoms with Gasteiger partial charge in [0.1, 0.15) is 17.3 Å². The summed E-state index contributed by atoms with van der Waals surface area (Å²) in [5.41, 5.74) is -0.126. The van der Waals surface area contributed by atoms with Crippen molar-refractivity contribution < 1.29 is 22.0 Å². The second kappa shape index (κ2) is 6.79. The van der Waals surface area contributed by atoms with Crippen LogP contribution in [0.3, 0.4) is 0 Å². The highest BCUT2D eigenvalue weighted by molar-refractivity contribution is 7.92. The standard InChI is InChI=1S/C17H16F2N2O3S/c18-14-4-3-5-15(19)17(14)20-25(23,24)13-9-7-12(8-10-13)21-11-2-1-6-16(21)22/h3-5,7-10,20H,1-2,6,11H2. The van der Waals surface area contributed by atoms with E-state index in [-0.39, 0.29) is 10.8 Å². The molecule has 0 unspecified atom stereocenters. The SMILES string of the molecule is O=C1CCCCN1c1ccc(S(=O)(=O)Nc2c(F)cccc2F)cc1. The van der Waals surface area contributed by atoms with Gasteiger partial charge in [-0.2, -0.15) is 0 Å². The zero-order valence-electron chi connectivity index (χ0n) is 13.2. The van der Waals surface area contributed by atoms with Crippen molar-refractivity contribution in [3.05, 3.63) is 54.1 Å². The van der Waals surface area contributed by atoms with Crippen LogP contribution in [0, 0.1) is 11.6 Å². The second-order valence-corrected chi connectivity index (χ2v) is 7.38. The number of hydrogen-bond donors (Lipinski definition) is 1. The summed E-state index contributed by atoms with van der Waals surface area (Å²) < 4.78 is 53.9. The summed E-state index contributed by atoms with van der Waals surface area (Å²) in [6.07, 6.45) is 2.20. The van der Waals surface area contributed by atoms with E-state index in [1.54, 1.807) is 4.90 Å². The zero-order valence-corrected chi connectivity index (χ0v) is 14.0. The third kappa shape index (κ3) is 3.63. The molecule has 0 spiro atoms. The molecule has 1 heterocycles. The fourth-order valence-corrected chi connectivity index (χ4v) is 3.75. The van der Waals surface area contributed by atoms with Gasteiger partial charge in [0.25, 0.3) is 10.0 Å². The highest BCUT2D eigenvalue weighted by Crippen LogP contribution is 2.25. The molecule has 1 saturated heterocycles. The number of amides is 1. The van der Waals surface area contributed by atoms with E-state index in [0.717, 1.165) is 31.0 Å². The van der Waals surface area contributed by atoms with Crippen molar-refractivity contribution in [1.82, 2.24) is 0 Å². The summed E-state index contributed by atoms with van der Waals surface area (Å²) in [5.74, 6) is -2.01. The minimum Gasteiger partial charge on any atom is -0.312 e. The summed E-state index contributed by atoms with van der Waals surface area (Å²) in [6.45, 7) is 0.587. The van der Waals surface area contributed by atoms with Gasteiger partial charge in [0.15, 0.2) is 0 Å². The Labute approximate surface area is 144 Å². The van der Waals surface area contributed by atoms with Gasteiger partial charge in [-0.25, -0.2) is 17.2 Å². The molecule has 5 nitrogen and oxygen atoms in total. The molecule has 3 rings (SSSR count). The molecular formula is C17H16F2N2O3S. The summed E-state index contributed by atoms with van der Waals surface area (Å²) >= 11 is 0. The number of rotatable bonds is 4. The Hall–Kier alpha value is -2.48. The van der Waals surface area contributed by atoms with Gasteiger partial charge in [0.2, 0.25) is 5.91 Å². The van der Waals surface area contributed by atoms with E-state index < -0.39 is 27.3 Å². The first kappa shape index (κ1) is 17.3. The Morgan fingerprint density at radius 2 is 1.60 bits per heavy atom. The van der Waals surface area contributed by atoms with Crippen LogP contribution < -0.4 is 9.62 Å². The lowest BCUT2D eigenvalue weighted by Gasteiger charge is -2.26. The number of benzene rings is 2. The lowest BCUT2D eigenvalue weighted by molar-refractivity contribution is -0.119. The summed E-state index contributed by atoms with van der Waals surface area (Å²) in [4.78, 5) is 13.4. The van der Waals surface area contributed by atoms with Crippen LogP contribution in [0.5, 0.6) is 0 Å². The molecule has 2 aromatic rings. The molecule has 0 bridgehead atoms. The van der Waals surface area contributed by atoms with Crippen molar-refractivity contribution >= 4 is 27.3 Å². The Kier molecular flexibility index (Phi) is 4.71. The molecule has 1 fully saturated rings. The monoisotopic (exact) mass is 366 g/mol. The number of carbonyl (C=O) groups is 1. The van der Waals surface area contributed by atoms with Crippen molar-refractivity contribution in [2.45, 2.75) is 24.2 Å². The predicted octanol–water partition coefficient (Wildman–Crippen LogP) is 3.28. The molecule has 132 valence electrons. The molecule has 0 saturated carbocycles. The number of anilines is 2. The Morgan fingerprint density at radius 1 is 0.960 bits per heavy atom. The van der Waals surface area contributed by atoms with Crippen molar-refractivity contribution in [3.63, 3.8) is 0 Å². The van der Waals surface area contributed by atoms with Crippen LogP contribution in [-0.2, 0) is 14.8 Å². The minimum atomic E-state index is -4.15. The molecule has 0 radical (unpaired) electrons. The molecule has 2 aromatic carbocycles. The van der Waals surface area contributed by atoms with E-state index in [0.29, 0.717) is 18.7 Å². The van der Waals surface area contributed by atoms with Crippen LogP contribution >= 0.6 is 0 Å². The van der Waals surface area contributed by atoms with Crippen LogP contribution in [-0.4, -0.2) is 20.9 Å². The Bertz CT molecular complexity index is 878. The van der Waals surface area contributed by atoms with E-state index in [1.807, 2.05) is 4.72 Å². The van der Waals surface area contributed by atoms with Gasteiger partial charge in [-0.3, -0.25) is 9.52 Å². The second-order valence-electron chi connectivity index (χ2n) is 5.70. The summed E-state index contributed by atoms with van der Waals surface area (Å²) in [6, 6.07) is 8.70. The lowest BCUT2D eigenvalue weighted by Crippen LogP contribution is -2.35. The molecule has 0 aliphatic carbocycles. The number of sulfonamides is 1. The molecule has 1 aliphatic heterocycles. The van der Waals surface area contributed by atoms with E-state index in [4.69, 9.17) is 0 Å².